The Morgan fingerprint density at radius 1 is 1.17 bits per heavy atom. The molecule has 0 aliphatic rings. The SMILES string of the molecule is COc1cc(OCC(F)(F)F)ccc1C(=O)NC(C)c1ccnc(NCC(C)C)c1. The minimum absolute atomic E-state index is 0.0382. The monoisotopic (exact) mass is 425 g/mol. The van der Waals surface area contributed by atoms with Gasteiger partial charge in [-0.1, -0.05) is 13.8 Å². The average molecular weight is 425 g/mol. The van der Waals surface area contributed by atoms with Crippen LogP contribution in [-0.2, 0) is 0 Å². The highest BCUT2D eigenvalue weighted by atomic mass is 19.4. The van der Waals surface area contributed by atoms with E-state index in [1.54, 1.807) is 12.3 Å². The van der Waals surface area contributed by atoms with E-state index >= 15 is 0 Å². The number of methoxy groups -OCH3 is 1. The van der Waals surface area contributed by atoms with Crippen LogP contribution < -0.4 is 20.1 Å². The van der Waals surface area contributed by atoms with Crippen molar-refractivity contribution in [2.24, 2.45) is 5.92 Å². The molecule has 30 heavy (non-hydrogen) atoms. The predicted octanol–water partition coefficient (Wildman–Crippen LogP) is 4.59. The fraction of sp³-hybridized carbons (Fsp3) is 0.429. The van der Waals surface area contributed by atoms with Gasteiger partial charge in [-0.2, -0.15) is 13.2 Å². The van der Waals surface area contributed by atoms with Crippen LogP contribution in [0, 0.1) is 5.92 Å². The van der Waals surface area contributed by atoms with Crippen LogP contribution in [0.4, 0.5) is 19.0 Å². The summed E-state index contributed by atoms with van der Waals surface area (Å²) in [6.45, 7) is 5.36. The van der Waals surface area contributed by atoms with E-state index in [1.165, 1.54) is 25.3 Å². The minimum atomic E-state index is -4.45. The molecule has 2 rings (SSSR count). The second-order valence-corrected chi connectivity index (χ2v) is 7.21. The molecule has 1 unspecified atom stereocenters. The lowest BCUT2D eigenvalue weighted by molar-refractivity contribution is -0.153. The number of nitrogens with zero attached hydrogens (tertiary/aromatic N) is 1. The smallest absolute Gasteiger partial charge is 0.422 e. The largest absolute Gasteiger partial charge is 0.496 e. The number of carbonyl (C=O) groups excluding carboxylic acids is 1. The Kier molecular flexibility index (Phi) is 7.91. The minimum Gasteiger partial charge on any atom is -0.496 e. The van der Waals surface area contributed by atoms with Gasteiger partial charge < -0.3 is 20.1 Å². The molecule has 1 amide bonds. The molecule has 1 heterocycles. The van der Waals surface area contributed by atoms with Crippen molar-refractivity contribution in [1.29, 1.82) is 0 Å². The van der Waals surface area contributed by atoms with Gasteiger partial charge in [-0.3, -0.25) is 4.79 Å². The molecule has 0 aliphatic carbocycles. The Bertz CT molecular complexity index is 857. The Hall–Kier alpha value is -2.97. The molecule has 164 valence electrons. The van der Waals surface area contributed by atoms with Crippen LogP contribution in [0.5, 0.6) is 11.5 Å². The number of rotatable bonds is 9. The molecular formula is C21H26F3N3O3. The van der Waals surface area contributed by atoms with Crippen LogP contribution in [0.2, 0.25) is 0 Å². The summed E-state index contributed by atoms with van der Waals surface area (Å²) in [6.07, 6.45) is -2.79. The molecule has 0 aliphatic heterocycles. The lowest BCUT2D eigenvalue weighted by Gasteiger charge is -2.17. The highest BCUT2D eigenvalue weighted by Gasteiger charge is 2.28. The van der Waals surface area contributed by atoms with Crippen molar-refractivity contribution in [3.63, 3.8) is 0 Å². The Labute approximate surface area is 173 Å². The number of ether oxygens (including phenoxy) is 2. The Morgan fingerprint density at radius 3 is 2.53 bits per heavy atom. The molecule has 0 spiro atoms. The van der Waals surface area contributed by atoms with Crippen molar-refractivity contribution in [1.82, 2.24) is 10.3 Å². The van der Waals surface area contributed by atoms with Crippen LogP contribution in [-0.4, -0.2) is 37.3 Å². The zero-order chi connectivity index (χ0) is 22.3. The van der Waals surface area contributed by atoms with Crippen LogP contribution in [0.3, 0.4) is 0 Å². The molecule has 6 nitrogen and oxygen atoms in total. The quantitative estimate of drug-likeness (QED) is 0.615. The highest BCUT2D eigenvalue weighted by Crippen LogP contribution is 2.27. The maximum Gasteiger partial charge on any atom is 0.422 e. The van der Waals surface area contributed by atoms with Gasteiger partial charge in [0.1, 0.15) is 17.3 Å². The summed E-state index contributed by atoms with van der Waals surface area (Å²) in [5.74, 6) is 0.835. The lowest BCUT2D eigenvalue weighted by atomic mass is 10.1. The van der Waals surface area contributed by atoms with Gasteiger partial charge in [0.05, 0.1) is 18.7 Å². The van der Waals surface area contributed by atoms with E-state index in [4.69, 9.17) is 9.47 Å². The molecule has 9 heteroatoms. The van der Waals surface area contributed by atoms with Gasteiger partial charge in [0.25, 0.3) is 5.91 Å². The maximum absolute atomic E-state index is 12.7. The van der Waals surface area contributed by atoms with Gasteiger partial charge in [0.15, 0.2) is 6.61 Å². The maximum atomic E-state index is 12.7. The first kappa shape index (κ1) is 23.3. The fourth-order valence-electron chi connectivity index (χ4n) is 2.59. The normalized spacial score (nSPS) is 12.4. The molecule has 1 aromatic heterocycles. The molecule has 2 N–H and O–H groups in total. The van der Waals surface area contributed by atoms with E-state index in [2.05, 4.69) is 29.5 Å². The van der Waals surface area contributed by atoms with E-state index in [0.717, 1.165) is 12.1 Å². The van der Waals surface area contributed by atoms with Crippen molar-refractivity contribution in [2.75, 3.05) is 25.6 Å². The van der Waals surface area contributed by atoms with Gasteiger partial charge in [0, 0.05) is 18.8 Å². The highest BCUT2D eigenvalue weighted by molar-refractivity contribution is 5.97. The number of aromatic nitrogens is 1. The second-order valence-electron chi connectivity index (χ2n) is 7.21. The molecule has 1 atom stereocenters. The van der Waals surface area contributed by atoms with Crippen LogP contribution >= 0.6 is 0 Å². The van der Waals surface area contributed by atoms with Crippen LogP contribution in [0.25, 0.3) is 0 Å². The third-order valence-electron chi connectivity index (χ3n) is 4.14. The summed E-state index contributed by atoms with van der Waals surface area (Å²) in [4.78, 5) is 17.0. The first-order valence-corrected chi connectivity index (χ1v) is 9.47. The van der Waals surface area contributed by atoms with Gasteiger partial charge in [0.2, 0.25) is 0 Å². The molecule has 1 aromatic carbocycles. The van der Waals surface area contributed by atoms with E-state index in [9.17, 15) is 18.0 Å². The summed E-state index contributed by atoms with van der Waals surface area (Å²) in [5, 5.41) is 6.09. The number of alkyl halides is 3. The van der Waals surface area contributed by atoms with E-state index in [1.807, 2.05) is 13.0 Å². The number of benzene rings is 1. The number of halogens is 3. The molecule has 0 saturated heterocycles. The molecular weight excluding hydrogens is 399 g/mol. The first-order valence-electron chi connectivity index (χ1n) is 9.47. The molecule has 0 saturated carbocycles. The Morgan fingerprint density at radius 2 is 1.90 bits per heavy atom. The first-order chi connectivity index (χ1) is 14.1. The zero-order valence-corrected chi connectivity index (χ0v) is 17.3. The van der Waals surface area contributed by atoms with Gasteiger partial charge in [-0.15, -0.1) is 0 Å². The number of nitrogens with one attached hydrogen (secondary N) is 2. The third-order valence-corrected chi connectivity index (χ3v) is 4.14. The van der Waals surface area contributed by atoms with Crippen molar-refractivity contribution < 1.29 is 27.4 Å². The van der Waals surface area contributed by atoms with E-state index in [0.29, 0.717) is 11.7 Å². The number of pyridine rings is 1. The van der Waals surface area contributed by atoms with Crippen molar-refractivity contribution >= 4 is 11.7 Å². The van der Waals surface area contributed by atoms with Crippen molar-refractivity contribution in [3.8, 4) is 11.5 Å². The topological polar surface area (TPSA) is 72.5 Å². The summed E-state index contributed by atoms with van der Waals surface area (Å²) >= 11 is 0. The lowest BCUT2D eigenvalue weighted by Crippen LogP contribution is -2.27. The van der Waals surface area contributed by atoms with Gasteiger partial charge in [-0.25, -0.2) is 4.98 Å². The predicted molar refractivity (Wildman–Crippen MR) is 108 cm³/mol. The van der Waals surface area contributed by atoms with E-state index in [-0.39, 0.29) is 23.1 Å². The van der Waals surface area contributed by atoms with Crippen LogP contribution in [0.15, 0.2) is 36.5 Å². The molecule has 0 radical (unpaired) electrons. The number of amides is 1. The standard InChI is InChI=1S/C21H26F3N3O3/c1-13(2)11-26-19-9-15(7-8-25-19)14(3)27-20(28)17-6-5-16(10-18(17)29-4)30-12-21(22,23)24/h5-10,13-14H,11-12H2,1-4H3,(H,25,26)(H,27,28). The van der Waals surface area contributed by atoms with E-state index < -0.39 is 18.7 Å². The van der Waals surface area contributed by atoms with Gasteiger partial charge >= 0.3 is 6.18 Å². The molecule has 0 fully saturated rings. The number of hydrogen-bond donors (Lipinski definition) is 2. The number of hydrogen-bond acceptors (Lipinski definition) is 5. The Balaban J connectivity index is 2.08. The average Bonchev–Trinajstić information content (AvgIpc) is 2.70. The number of carbonyl (C=O) groups is 1. The van der Waals surface area contributed by atoms with Crippen molar-refractivity contribution in [2.45, 2.75) is 33.0 Å². The number of anilines is 1. The van der Waals surface area contributed by atoms with Crippen LogP contribution in [0.1, 0.15) is 42.7 Å². The van der Waals surface area contributed by atoms with Gasteiger partial charge in [-0.05, 0) is 42.7 Å². The summed E-state index contributed by atoms with van der Waals surface area (Å²) in [7, 11) is 1.33. The fourth-order valence-corrected chi connectivity index (χ4v) is 2.59. The molecule has 2 aromatic rings. The summed E-state index contributed by atoms with van der Waals surface area (Å²) < 4.78 is 46.8. The van der Waals surface area contributed by atoms with Crippen molar-refractivity contribution in [3.05, 3.63) is 47.7 Å². The third kappa shape index (κ3) is 7.13. The molecule has 0 bridgehead atoms. The zero-order valence-electron chi connectivity index (χ0n) is 17.3. The summed E-state index contributed by atoms with van der Waals surface area (Å²) in [6, 6.07) is 7.26. The second kappa shape index (κ2) is 10.2. The summed E-state index contributed by atoms with van der Waals surface area (Å²) in [5.41, 5.74) is 1.05.